The van der Waals surface area contributed by atoms with Gasteiger partial charge in [-0.25, -0.2) is 10.8 Å². The number of hydrazine groups is 1. The maximum Gasteiger partial charge on any atom is 0.239 e. The van der Waals surface area contributed by atoms with Crippen LogP contribution in [0.4, 0.5) is 17.5 Å². The number of nitrogens with two attached hydrogens (primary N) is 1. The molecular formula is C14H19N5. The van der Waals surface area contributed by atoms with E-state index in [-0.39, 0.29) is 0 Å². The number of hydrogen-bond acceptors (Lipinski definition) is 5. The molecule has 0 amide bonds. The Bertz CT molecular complexity index is 550. The zero-order chi connectivity index (χ0) is 13.8. The highest BCUT2D eigenvalue weighted by Crippen LogP contribution is 2.26. The SMILES string of the molecule is CCN(c1ccc(C)cc1)c1nc(NN)ncc1C. The van der Waals surface area contributed by atoms with E-state index >= 15 is 0 Å². The standard InChI is InChI=1S/C14H19N5/c1-4-19(12-7-5-10(2)6-8-12)13-11(3)9-16-14(17-13)18-15/h5-9H,4,15H2,1-3H3,(H,16,17,18). The highest BCUT2D eigenvalue weighted by Gasteiger charge is 2.12. The van der Waals surface area contributed by atoms with Crippen LogP contribution in [0.15, 0.2) is 30.5 Å². The van der Waals surface area contributed by atoms with Crippen molar-refractivity contribution in [2.45, 2.75) is 20.8 Å². The Labute approximate surface area is 113 Å². The lowest BCUT2D eigenvalue weighted by molar-refractivity contribution is 0.959. The summed E-state index contributed by atoms with van der Waals surface area (Å²) >= 11 is 0. The zero-order valence-corrected chi connectivity index (χ0v) is 11.5. The molecule has 5 nitrogen and oxygen atoms in total. The van der Waals surface area contributed by atoms with E-state index in [0.717, 1.165) is 23.6 Å². The van der Waals surface area contributed by atoms with Gasteiger partial charge in [-0.3, -0.25) is 5.43 Å². The van der Waals surface area contributed by atoms with E-state index in [1.807, 2.05) is 6.92 Å². The first-order valence-electron chi connectivity index (χ1n) is 6.30. The maximum atomic E-state index is 5.38. The second-order valence-electron chi connectivity index (χ2n) is 4.42. The number of hydrogen-bond donors (Lipinski definition) is 2. The average Bonchev–Trinajstić information content (AvgIpc) is 2.43. The van der Waals surface area contributed by atoms with Crippen LogP contribution in [0.3, 0.4) is 0 Å². The number of benzene rings is 1. The van der Waals surface area contributed by atoms with Gasteiger partial charge in [0, 0.05) is 24.0 Å². The van der Waals surface area contributed by atoms with Gasteiger partial charge in [0.15, 0.2) is 0 Å². The molecule has 0 radical (unpaired) electrons. The normalized spacial score (nSPS) is 10.3. The predicted molar refractivity (Wildman–Crippen MR) is 78.4 cm³/mol. The van der Waals surface area contributed by atoms with Gasteiger partial charge in [-0.1, -0.05) is 17.7 Å². The van der Waals surface area contributed by atoms with Crippen molar-refractivity contribution in [3.05, 3.63) is 41.6 Å². The molecule has 0 atom stereocenters. The monoisotopic (exact) mass is 257 g/mol. The number of nitrogen functional groups attached to an aromatic ring is 1. The fourth-order valence-corrected chi connectivity index (χ4v) is 1.96. The van der Waals surface area contributed by atoms with Crippen LogP contribution >= 0.6 is 0 Å². The van der Waals surface area contributed by atoms with E-state index in [9.17, 15) is 0 Å². The summed E-state index contributed by atoms with van der Waals surface area (Å²) in [4.78, 5) is 10.7. The number of nitrogens with one attached hydrogen (secondary N) is 1. The summed E-state index contributed by atoms with van der Waals surface area (Å²) in [5, 5.41) is 0. The maximum absolute atomic E-state index is 5.38. The first kappa shape index (κ1) is 13.3. The van der Waals surface area contributed by atoms with Crippen LogP contribution < -0.4 is 16.2 Å². The molecule has 1 heterocycles. The Kier molecular flexibility index (Phi) is 3.97. The van der Waals surface area contributed by atoms with Crippen molar-refractivity contribution in [1.82, 2.24) is 9.97 Å². The van der Waals surface area contributed by atoms with E-state index in [4.69, 9.17) is 5.84 Å². The molecule has 2 aromatic rings. The Balaban J connectivity index is 2.44. The summed E-state index contributed by atoms with van der Waals surface area (Å²) in [6.45, 7) is 6.99. The Morgan fingerprint density at radius 2 is 1.89 bits per heavy atom. The number of nitrogens with zero attached hydrogens (tertiary/aromatic N) is 3. The molecule has 0 saturated heterocycles. The first-order chi connectivity index (χ1) is 9.15. The number of anilines is 3. The third-order valence-corrected chi connectivity index (χ3v) is 2.99. The van der Waals surface area contributed by atoms with Crippen molar-refractivity contribution < 1.29 is 0 Å². The van der Waals surface area contributed by atoms with Gasteiger partial charge in [-0.2, -0.15) is 4.98 Å². The topological polar surface area (TPSA) is 67.1 Å². The van der Waals surface area contributed by atoms with Crippen LogP contribution in [0.25, 0.3) is 0 Å². The van der Waals surface area contributed by atoms with Crippen LogP contribution in [0.2, 0.25) is 0 Å². The molecule has 0 fully saturated rings. The molecule has 0 spiro atoms. The summed E-state index contributed by atoms with van der Waals surface area (Å²) in [5.41, 5.74) is 5.85. The molecule has 0 aliphatic carbocycles. The van der Waals surface area contributed by atoms with Crippen LogP contribution in [0, 0.1) is 13.8 Å². The highest BCUT2D eigenvalue weighted by molar-refractivity contribution is 5.63. The summed E-state index contributed by atoms with van der Waals surface area (Å²) in [5.74, 6) is 6.67. The van der Waals surface area contributed by atoms with Crippen LogP contribution in [0.5, 0.6) is 0 Å². The van der Waals surface area contributed by atoms with Gasteiger partial charge in [0.25, 0.3) is 0 Å². The van der Waals surface area contributed by atoms with Crippen molar-refractivity contribution in [2.75, 3.05) is 16.9 Å². The summed E-state index contributed by atoms with van der Waals surface area (Å²) < 4.78 is 0. The van der Waals surface area contributed by atoms with Gasteiger partial charge in [-0.05, 0) is 32.9 Å². The van der Waals surface area contributed by atoms with E-state index in [0.29, 0.717) is 5.95 Å². The number of aromatic nitrogens is 2. The van der Waals surface area contributed by atoms with Crippen molar-refractivity contribution in [1.29, 1.82) is 0 Å². The third-order valence-electron chi connectivity index (χ3n) is 2.99. The molecule has 19 heavy (non-hydrogen) atoms. The van der Waals surface area contributed by atoms with E-state index in [2.05, 4.69) is 58.4 Å². The quantitative estimate of drug-likeness (QED) is 0.651. The second kappa shape index (κ2) is 5.67. The van der Waals surface area contributed by atoms with Crippen LogP contribution in [-0.4, -0.2) is 16.5 Å². The minimum Gasteiger partial charge on any atom is -0.326 e. The molecule has 100 valence electrons. The fraction of sp³-hybridized carbons (Fsp3) is 0.286. The zero-order valence-electron chi connectivity index (χ0n) is 11.5. The molecule has 0 saturated carbocycles. The lowest BCUT2D eigenvalue weighted by Crippen LogP contribution is -2.20. The molecule has 2 rings (SSSR count). The summed E-state index contributed by atoms with van der Waals surface area (Å²) in [6, 6.07) is 8.37. The Morgan fingerprint density at radius 1 is 1.21 bits per heavy atom. The van der Waals surface area contributed by atoms with Gasteiger partial charge >= 0.3 is 0 Å². The molecule has 0 bridgehead atoms. The van der Waals surface area contributed by atoms with Crippen molar-refractivity contribution in [2.24, 2.45) is 5.84 Å². The van der Waals surface area contributed by atoms with E-state index < -0.39 is 0 Å². The molecular weight excluding hydrogens is 238 g/mol. The first-order valence-corrected chi connectivity index (χ1v) is 6.30. The predicted octanol–water partition coefficient (Wildman–Crippen LogP) is 2.54. The minimum absolute atomic E-state index is 0.422. The largest absolute Gasteiger partial charge is 0.326 e. The van der Waals surface area contributed by atoms with Gasteiger partial charge in [0.2, 0.25) is 5.95 Å². The second-order valence-corrected chi connectivity index (χ2v) is 4.42. The lowest BCUT2D eigenvalue weighted by Gasteiger charge is -2.24. The number of aryl methyl sites for hydroxylation is 2. The smallest absolute Gasteiger partial charge is 0.239 e. The van der Waals surface area contributed by atoms with Gasteiger partial charge in [0.05, 0.1) is 0 Å². The summed E-state index contributed by atoms with van der Waals surface area (Å²) in [6.07, 6.45) is 1.77. The van der Waals surface area contributed by atoms with E-state index in [1.54, 1.807) is 6.20 Å². The van der Waals surface area contributed by atoms with Crippen molar-refractivity contribution >= 4 is 17.5 Å². The summed E-state index contributed by atoms with van der Waals surface area (Å²) in [7, 11) is 0. The number of rotatable bonds is 4. The molecule has 0 aliphatic rings. The van der Waals surface area contributed by atoms with Crippen molar-refractivity contribution in [3.8, 4) is 0 Å². The highest BCUT2D eigenvalue weighted by atomic mass is 15.3. The van der Waals surface area contributed by atoms with Gasteiger partial charge in [-0.15, -0.1) is 0 Å². The molecule has 1 aromatic carbocycles. The average molecular weight is 257 g/mol. The molecule has 0 unspecified atom stereocenters. The van der Waals surface area contributed by atoms with Crippen molar-refractivity contribution in [3.63, 3.8) is 0 Å². The van der Waals surface area contributed by atoms with Crippen LogP contribution in [-0.2, 0) is 0 Å². The Hall–Kier alpha value is -2.14. The molecule has 3 N–H and O–H groups in total. The fourth-order valence-electron chi connectivity index (χ4n) is 1.96. The lowest BCUT2D eigenvalue weighted by atomic mass is 10.2. The van der Waals surface area contributed by atoms with Gasteiger partial charge < -0.3 is 4.90 Å². The molecule has 1 aromatic heterocycles. The third kappa shape index (κ3) is 2.82. The molecule has 5 heteroatoms. The Morgan fingerprint density at radius 3 is 2.47 bits per heavy atom. The molecule has 0 aliphatic heterocycles. The van der Waals surface area contributed by atoms with Gasteiger partial charge in [0.1, 0.15) is 5.82 Å². The minimum atomic E-state index is 0.422. The van der Waals surface area contributed by atoms with E-state index in [1.165, 1.54) is 5.56 Å². The van der Waals surface area contributed by atoms with Crippen LogP contribution in [0.1, 0.15) is 18.1 Å².